The lowest BCUT2D eigenvalue weighted by molar-refractivity contribution is -0.113. The lowest BCUT2D eigenvalue weighted by Crippen LogP contribution is -2.22. The second-order valence-corrected chi connectivity index (χ2v) is 11.5. The first kappa shape index (κ1) is 25.9. The molecule has 0 spiro atoms. The summed E-state index contributed by atoms with van der Waals surface area (Å²) in [4.78, 5) is 12.8. The third-order valence-corrected chi connectivity index (χ3v) is 8.39. The highest BCUT2D eigenvalue weighted by atomic mass is 35.5. The molecule has 4 rings (SSSR count). The Kier molecular flexibility index (Phi) is 8.10. The molecule has 11 heteroatoms. The molecule has 1 aromatic heterocycles. The summed E-state index contributed by atoms with van der Waals surface area (Å²) < 4.78 is 27.5. The van der Waals surface area contributed by atoms with Crippen LogP contribution in [0.1, 0.15) is 5.56 Å². The maximum absolute atomic E-state index is 12.6. The number of benzene rings is 3. The smallest absolute Gasteiger partial charge is 0.242 e. The standard InChI is InChI=1S/C25H24ClN5O3S2/c1-30(2)36(33,34)20-14-12-19(13-15-20)27-23(32)17-35-25-29-28-24(21-10-6-7-11-22(21)26)31(25)16-18-8-4-3-5-9-18/h3-15H,16-17H2,1-2H3,(H,27,32). The second-order valence-electron chi connectivity index (χ2n) is 8.01. The summed E-state index contributed by atoms with van der Waals surface area (Å²) in [6.07, 6.45) is 0. The molecule has 0 aliphatic heterocycles. The van der Waals surface area contributed by atoms with Gasteiger partial charge in [0, 0.05) is 25.3 Å². The molecular formula is C25H24ClN5O3S2. The average Bonchev–Trinajstić information content (AvgIpc) is 3.26. The van der Waals surface area contributed by atoms with E-state index in [2.05, 4.69) is 15.5 Å². The quantitative estimate of drug-likeness (QED) is 0.310. The van der Waals surface area contributed by atoms with Crippen molar-refractivity contribution in [3.05, 3.63) is 89.4 Å². The first-order valence-electron chi connectivity index (χ1n) is 10.9. The van der Waals surface area contributed by atoms with Gasteiger partial charge in [-0.05, 0) is 42.0 Å². The Bertz CT molecular complexity index is 1460. The van der Waals surface area contributed by atoms with Gasteiger partial charge in [-0.25, -0.2) is 12.7 Å². The molecule has 1 N–H and O–H groups in total. The molecule has 0 atom stereocenters. The predicted octanol–water partition coefficient (Wildman–Crippen LogP) is 4.63. The van der Waals surface area contributed by atoms with Gasteiger partial charge in [0.2, 0.25) is 15.9 Å². The Morgan fingerprint density at radius 2 is 1.64 bits per heavy atom. The van der Waals surface area contributed by atoms with E-state index in [-0.39, 0.29) is 16.6 Å². The summed E-state index contributed by atoms with van der Waals surface area (Å²) in [5.74, 6) is 0.453. The number of sulfonamides is 1. The molecule has 186 valence electrons. The topological polar surface area (TPSA) is 97.2 Å². The van der Waals surface area contributed by atoms with Crippen molar-refractivity contribution in [2.75, 3.05) is 25.2 Å². The minimum Gasteiger partial charge on any atom is -0.325 e. The maximum atomic E-state index is 12.6. The minimum atomic E-state index is -3.53. The summed E-state index contributed by atoms with van der Waals surface area (Å²) in [6.45, 7) is 0.514. The molecule has 1 amide bonds. The molecule has 36 heavy (non-hydrogen) atoms. The number of nitrogens with zero attached hydrogens (tertiary/aromatic N) is 4. The Balaban J connectivity index is 1.50. The highest BCUT2D eigenvalue weighted by Crippen LogP contribution is 2.30. The molecule has 0 bridgehead atoms. The van der Waals surface area contributed by atoms with Gasteiger partial charge in [0.15, 0.2) is 11.0 Å². The molecular weight excluding hydrogens is 518 g/mol. The molecule has 0 aliphatic carbocycles. The van der Waals surface area contributed by atoms with E-state index in [0.717, 1.165) is 15.4 Å². The van der Waals surface area contributed by atoms with E-state index < -0.39 is 10.0 Å². The van der Waals surface area contributed by atoms with Crippen LogP contribution in [0.2, 0.25) is 5.02 Å². The van der Waals surface area contributed by atoms with Crippen LogP contribution in [0, 0.1) is 0 Å². The number of anilines is 1. The lowest BCUT2D eigenvalue weighted by Gasteiger charge is -2.12. The van der Waals surface area contributed by atoms with E-state index in [1.54, 1.807) is 18.2 Å². The van der Waals surface area contributed by atoms with Crippen LogP contribution in [0.15, 0.2) is 88.9 Å². The lowest BCUT2D eigenvalue weighted by atomic mass is 10.2. The summed E-state index contributed by atoms with van der Waals surface area (Å²) in [5, 5.41) is 12.6. The Morgan fingerprint density at radius 1 is 0.972 bits per heavy atom. The number of aromatic nitrogens is 3. The van der Waals surface area contributed by atoms with Crippen molar-refractivity contribution in [3.8, 4) is 11.4 Å². The molecule has 0 aliphatic rings. The molecule has 0 unspecified atom stereocenters. The van der Waals surface area contributed by atoms with Gasteiger partial charge in [0.25, 0.3) is 0 Å². The molecule has 4 aromatic rings. The molecule has 0 fully saturated rings. The summed E-state index contributed by atoms with van der Waals surface area (Å²) in [5.41, 5.74) is 2.32. The number of nitrogens with one attached hydrogen (secondary N) is 1. The third-order valence-electron chi connectivity index (χ3n) is 5.26. The van der Waals surface area contributed by atoms with Gasteiger partial charge < -0.3 is 5.32 Å². The fraction of sp³-hybridized carbons (Fsp3) is 0.160. The number of hydrogen-bond donors (Lipinski definition) is 1. The van der Waals surface area contributed by atoms with Crippen molar-refractivity contribution in [2.45, 2.75) is 16.6 Å². The third kappa shape index (κ3) is 5.96. The van der Waals surface area contributed by atoms with Crippen molar-refractivity contribution in [3.63, 3.8) is 0 Å². The van der Waals surface area contributed by atoms with Crippen LogP contribution in [-0.4, -0.2) is 53.2 Å². The van der Waals surface area contributed by atoms with Crippen molar-refractivity contribution in [1.29, 1.82) is 0 Å². The van der Waals surface area contributed by atoms with Crippen LogP contribution < -0.4 is 5.32 Å². The Hall–Kier alpha value is -3.18. The van der Waals surface area contributed by atoms with Crippen LogP contribution in [0.3, 0.4) is 0 Å². The van der Waals surface area contributed by atoms with E-state index >= 15 is 0 Å². The molecule has 0 saturated carbocycles. The van der Waals surface area contributed by atoms with Crippen LogP contribution in [0.4, 0.5) is 5.69 Å². The highest BCUT2D eigenvalue weighted by molar-refractivity contribution is 7.99. The number of carbonyl (C=O) groups is 1. The van der Waals surface area contributed by atoms with Gasteiger partial charge >= 0.3 is 0 Å². The monoisotopic (exact) mass is 541 g/mol. The van der Waals surface area contributed by atoms with Crippen molar-refractivity contribution in [2.24, 2.45) is 0 Å². The number of halogens is 1. The van der Waals surface area contributed by atoms with Gasteiger partial charge in [-0.1, -0.05) is 65.8 Å². The molecule has 0 radical (unpaired) electrons. The number of rotatable bonds is 9. The van der Waals surface area contributed by atoms with E-state index in [1.165, 1.54) is 38.0 Å². The molecule has 3 aromatic carbocycles. The first-order valence-corrected chi connectivity index (χ1v) is 13.7. The second kappa shape index (κ2) is 11.3. The average molecular weight is 542 g/mol. The van der Waals surface area contributed by atoms with Crippen molar-refractivity contribution in [1.82, 2.24) is 19.1 Å². The molecule has 0 saturated heterocycles. The zero-order valence-corrected chi connectivity index (χ0v) is 22.0. The number of carbonyl (C=O) groups excluding carboxylic acids is 1. The van der Waals surface area contributed by atoms with Gasteiger partial charge in [-0.3, -0.25) is 9.36 Å². The van der Waals surface area contributed by atoms with E-state index in [4.69, 9.17) is 11.6 Å². The van der Waals surface area contributed by atoms with Crippen LogP contribution in [-0.2, 0) is 21.4 Å². The number of amides is 1. The molecule has 8 nitrogen and oxygen atoms in total. The van der Waals surface area contributed by atoms with Crippen LogP contribution in [0.25, 0.3) is 11.4 Å². The normalized spacial score (nSPS) is 11.6. The summed E-state index contributed by atoms with van der Waals surface area (Å²) in [6, 6.07) is 23.4. The zero-order chi connectivity index (χ0) is 25.7. The van der Waals surface area contributed by atoms with Gasteiger partial charge in [-0.15, -0.1) is 10.2 Å². The first-order chi connectivity index (χ1) is 17.3. The number of hydrogen-bond acceptors (Lipinski definition) is 6. The largest absolute Gasteiger partial charge is 0.325 e. The number of thioether (sulfide) groups is 1. The predicted molar refractivity (Wildman–Crippen MR) is 143 cm³/mol. The maximum Gasteiger partial charge on any atom is 0.242 e. The van der Waals surface area contributed by atoms with Crippen molar-refractivity contribution < 1.29 is 13.2 Å². The van der Waals surface area contributed by atoms with E-state index in [1.807, 2.05) is 53.1 Å². The van der Waals surface area contributed by atoms with Crippen LogP contribution in [0.5, 0.6) is 0 Å². The summed E-state index contributed by atoms with van der Waals surface area (Å²) >= 11 is 7.68. The highest BCUT2D eigenvalue weighted by Gasteiger charge is 2.19. The van der Waals surface area contributed by atoms with Crippen molar-refractivity contribution >= 4 is 45.0 Å². The fourth-order valence-electron chi connectivity index (χ4n) is 3.39. The van der Waals surface area contributed by atoms with Gasteiger partial charge in [0.05, 0.1) is 22.2 Å². The van der Waals surface area contributed by atoms with Crippen LogP contribution >= 0.6 is 23.4 Å². The Morgan fingerprint density at radius 3 is 2.31 bits per heavy atom. The van der Waals surface area contributed by atoms with E-state index in [0.29, 0.717) is 28.2 Å². The van der Waals surface area contributed by atoms with Gasteiger partial charge in [-0.2, -0.15) is 0 Å². The fourth-order valence-corrected chi connectivity index (χ4v) is 5.25. The summed E-state index contributed by atoms with van der Waals surface area (Å²) in [7, 11) is -0.597. The molecule has 1 heterocycles. The zero-order valence-electron chi connectivity index (χ0n) is 19.6. The Labute approximate surface area is 219 Å². The SMILES string of the molecule is CN(C)S(=O)(=O)c1ccc(NC(=O)CSc2nnc(-c3ccccc3Cl)n2Cc2ccccc2)cc1. The minimum absolute atomic E-state index is 0.0905. The van der Waals surface area contributed by atoms with E-state index in [9.17, 15) is 13.2 Å². The van der Waals surface area contributed by atoms with Gasteiger partial charge in [0.1, 0.15) is 0 Å².